The zero-order valence-corrected chi connectivity index (χ0v) is 13.8. The second-order valence-electron chi connectivity index (χ2n) is 5.88. The topological polar surface area (TPSA) is 49.4 Å². The number of piperidine rings is 1. The van der Waals surface area contributed by atoms with Gasteiger partial charge < -0.3 is 10.2 Å². The number of sulfone groups is 1. The third-order valence-corrected chi connectivity index (χ3v) is 5.98. The lowest BCUT2D eigenvalue weighted by Crippen LogP contribution is -2.37. The number of hydrogen-bond acceptors (Lipinski definition) is 4. The number of nitrogens with zero attached hydrogens (tertiary/aromatic N) is 1. The Hall–Kier alpha value is -1.07. The largest absolute Gasteiger partial charge is 0.373 e. The van der Waals surface area contributed by atoms with Crippen molar-refractivity contribution in [2.75, 3.05) is 37.3 Å². The fourth-order valence-electron chi connectivity index (χ4n) is 2.98. The summed E-state index contributed by atoms with van der Waals surface area (Å²) >= 11 is 0. The molecule has 0 radical (unpaired) electrons. The molecule has 0 aliphatic carbocycles. The molecule has 1 atom stereocenters. The first-order valence-corrected chi connectivity index (χ1v) is 9.43. The highest BCUT2D eigenvalue weighted by molar-refractivity contribution is 7.91. The maximum atomic E-state index is 12.4. The van der Waals surface area contributed by atoms with E-state index in [-0.39, 0.29) is 5.75 Å². The van der Waals surface area contributed by atoms with Gasteiger partial charge in [-0.2, -0.15) is 0 Å². The average Bonchev–Trinajstić information content (AvgIpc) is 2.48. The van der Waals surface area contributed by atoms with E-state index in [4.69, 9.17) is 0 Å². The summed E-state index contributed by atoms with van der Waals surface area (Å²) in [7, 11) is -1.19. The molecule has 4 nitrogen and oxygen atoms in total. The molecule has 0 aromatic heterocycles. The monoisotopic (exact) mass is 310 g/mol. The normalized spacial score (nSPS) is 19.4. The van der Waals surface area contributed by atoms with Crippen molar-refractivity contribution < 1.29 is 8.42 Å². The van der Waals surface area contributed by atoms with E-state index in [1.165, 1.54) is 12.8 Å². The molecule has 21 heavy (non-hydrogen) atoms. The zero-order valence-electron chi connectivity index (χ0n) is 13.0. The van der Waals surface area contributed by atoms with Crippen LogP contribution in [0.2, 0.25) is 0 Å². The summed E-state index contributed by atoms with van der Waals surface area (Å²) in [6.45, 7) is 4.92. The second-order valence-corrected chi connectivity index (χ2v) is 7.96. The van der Waals surface area contributed by atoms with E-state index in [1.807, 2.05) is 32.2 Å². The Balaban J connectivity index is 2.18. The van der Waals surface area contributed by atoms with Gasteiger partial charge >= 0.3 is 0 Å². The molecule has 5 heteroatoms. The molecule has 1 aromatic rings. The van der Waals surface area contributed by atoms with Crippen LogP contribution in [0.1, 0.15) is 26.2 Å². The van der Waals surface area contributed by atoms with Crippen LogP contribution in [-0.2, 0) is 9.84 Å². The lowest BCUT2D eigenvalue weighted by molar-refractivity contribution is 0.381. The summed E-state index contributed by atoms with van der Waals surface area (Å²) in [6, 6.07) is 7.37. The highest BCUT2D eigenvalue weighted by atomic mass is 32.2. The van der Waals surface area contributed by atoms with Crippen LogP contribution in [0.4, 0.5) is 5.69 Å². The van der Waals surface area contributed by atoms with Gasteiger partial charge in [0.2, 0.25) is 0 Å². The Morgan fingerprint density at radius 1 is 1.33 bits per heavy atom. The molecule has 0 saturated carbocycles. The summed E-state index contributed by atoms with van der Waals surface area (Å²) in [4.78, 5) is 2.57. The van der Waals surface area contributed by atoms with Crippen LogP contribution in [-0.4, -0.2) is 40.9 Å². The number of hydrogen-bond donors (Lipinski definition) is 1. The van der Waals surface area contributed by atoms with Crippen molar-refractivity contribution in [3.63, 3.8) is 0 Å². The van der Waals surface area contributed by atoms with Gasteiger partial charge in [-0.15, -0.1) is 0 Å². The van der Waals surface area contributed by atoms with Crippen molar-refractivity contribution >= 4 is 15.5 Å². The Morgan fingerprint density at radius 2 is 2.10 bits per heavy atom. The molecule has 118 valence electrons. The van der Waals surface area contributed by atoms with Crippen LogP contribution >= 0.6 is 0 Å². The molecular formula is C16H26N2O2S. The standard InChI is InChI=1S/C16H26N2O2S/c1-3-11-21(19,20)16-9-5-4-8-15(16)18(2)13-14-7-6-10-17-12-14/h4-5,8-9,14,17H,3,6-7,10-13H2,1-2H3. The van der Waals surface area contributed by atoms with E-state index in [0.29, 0.717) is 17.2 Å². The number of para-hydroxylation sites is 1. The van der Waals surface area contributed by atoms with Gasteiger partial charge in [-0.05, 0) is 50.4 Å². The van der Waals surface area contributed by atoms with Crippen molar-refractivity contribution in [1.29, 1.82) is 0 Å². The van der Waals surface area contributed by atoms with E-state index in [0.717, 1.165) is 25.3 Å². The van der Waals surface area contributed by atoms with Crippen molar-refractivity contribution in [1.82, 2.24) is 5.32 Å². The van der Waals surface area contributed by atoms with Crippen LogP contribution in [0, 0.1) is 5.92 Å². The maximum absolute atomic E-state index is 12.4. The highest BCUT2D eigenvalue weighted by Crippen LogP contribution is 2.27. The molecule has 1 fully saturated rings. The number of rotatable bonds is 6. The van der Waals surface area contributed by atoms with Crippen LogP contribution in [0.15, 0.2) is 29.2 Å². The molecule has 2 rings (SSSR count). The predicted molar refractivity (Wildman–Crippen MR) is 87.6 cm³/mol. The lowest BCUT2D eigenvalue weighted by atomic mass is 9.99. The lowest BCUT2D eigenvalue weighted by Gasteiger charge is -2.30. The van der Waals surface area contributed by atoms with Crippen molar-refractivity contribution in [2.45, 2.75) is 31.1 Å². The molecule has 1 heterocycles. The molecule has 1 unspecified atom stereocenters. The van der Waals surface area contributed by atoms with Crippen LogP contribution in [0.5, 0.6) is 0 Å². The summed E-state index contributed by atoms with van der Waals surface area (Å²) in [5.74, 6) is 0.800. The van der Waals surface area contributed by atoms with E-state index in [2.05, 4.69) is 10.2 Å². The summed E-state index contributed by atoms with van der Waals surface area (Å²) in [6.07, 6.45) is 3.06. The first-order valence-electron chi connectivity index (χ1n) is 7.78. The number of anilines is 1. The SMILES string of the molecule is CCCS(=O)(=O)c1ccccc1N(C)CC1CCCNC1. The zero-order chi connectivity index (χ0) is 15.3. The fourth-order valence-corrected chi connectivity index (χ4v) is 4.57. The molecule has 0 spiro atoms. The van der Waals surface area contributed by atoms with Gasteiger partial charge in [0.15, 0.2) is 9.84 Å². The quantitative estimate of drug-likeness (QED) is 0.876. The molecule has 1 N–H and O–H groups in total. The van der Waals surface area contributed by atoms with Crippen LogP contribution in [0.25, 0.3) is 0 Å². The molecule has 1 aromatic carbocycles. The number of benzene rings is 1. The summed E-state index contributed by atoms with van der Waals surface area (Å²) in [5, 5.41) is 3.41. The minimum absolute atomic E-state index is 0.211. The van der Waals surface area contributed by atoms with Gasteiger partial charge in [-0.25, -0.2) is 8.42 Å². The first kappa shape index (κ1) is 16.3. The van der Waals surface area contributed by atoms with Gasteiger partial charge in [0.25, 0.3) is 0 Å². The molecule has 0 amide bonds. The van der Waals surface area contributed by atoms with Gasteiger partial charge in [0.1, 0.15) is 0 Å². The minimum Gasteiger partial charge on any atom is -0.373 e. The molecule has 0 bridgehead atoms. The molecule has 1 saturated heterocycles. The van der Waals surface area contributed by atoms with Crippen LogP contribution in [0.3, 0.4) is 0 Å². The van der Waals surface area contributed by atoms with Crippen molar-refractivity contribution in [3.8, 4) is 0 Å². The molecule has 1 aliphatic heterocycles. The average molecular weight is 310 g/mol. The van der Waals surface area contributed by atoms with E-state index in [1.54, 1.807) is 6.07 Å². The van der Waals surface area contributed by atoms with Crippen molar-refractivity contribution in [2.24, 2.45) is 5.92 Å². The molecule has 1 aliphatic rings. The third-order valence-electron chi connectivity index (χ3n) is 4.02. The summed E-state index contributed by atoms with van der Waals surface area (Å²) < 4.78 is 24.8. The number of nitrogens with one attached hydrogen (secondary N) is 1. The highest BCUT2D eigenvalue weighted by Gasteiger charge is 2.21. The third kappa shape index (κ3) is 4.20. The van der Waals surface area contributed by atoms with E-state index < -0.39 is 9.84 Å². The predicted octanol–water partition coefficient (Wildman–Crippen LogP) is 2.31. The minimum atomic E-state index is -3.18. The summed E-state index contributed by atoms with van der Waals surface area (Å²) in [5.41, 5.74) is 0.830. The van der Waals surface area contributed by atoms with Gasteiger partial charge in [0.05, 0.1) is 16.3 Å². The Kier molecular flexibility index (Phi) is 5.65. The molecular weight excluding hydrogens is 284 g/mol. The maximum Gasteiger partial charge on any atom is 0.180 e. The van der Waals surface area contributed by atoms with E-state index >= 15 is 0 Å². The van der Waals surface area contributed by atoms with Gasteiger partial charge in [0, 0.05) is 13.6 Å². The van der Waals surface area contributed by atoms with Crippen LogP contribution < -0.4 is 10.2 Å². The van der Waals surface area contributed by atoms with Gasteiger partial charge in [-0.1, -0.05) is 19.1 Å². The fraction of sp³-hybridized carbons (Fsp3) is 0.625. The first-order chi connectivity index (χ1) is 10.0. The Morgan fingerprint density at radius 3 is 2.76 bits per heavy atom. The smallest absolute Gasteiger partial charge is 0.180 e. The van der Waals surface area contributed by atoms with Gasteiger partial charge in [-0.3, -0.25) is 0 Å². The second kappa shape index (κ2) is 7.27. The van der Waals surface area contributed by atoms with Crippen molar-refractivity contribution in [3.05, 3.63) is 24.3 Å². The Labute approximate surface area is 128 Å². The Bertz CT molecular complexity index is 551. The van der Waals surface area contributed by atoms with E-state index in [9.17, 15) is 8.42 Å².